The van der Waals surface area contributed by atoms with Crippen molar-refractivity contribution in [2.75, 3.05) is 11.3 Å². The number of pyridine rings is 1. The van der Waals surface area contributed by atoms with Gasteiger partial charge in [-0.3, -0.25) is 14.5 Å². The molecule has 9 heteroatoms. The average Bonchev–Trinajstić information content (AvgIpc) is 3.22. The van der Waals surface area contributed by atoms with Crippen LogP contribution in [0.3, 0.4) is 0 Å². The molecule has 2 heterocycles. The van der Waals surface area contributed by atoms with Gasteiger partial charge in [-0.1, -0.05) is 18.2 Å². The van der Waals surface area contributed by atoms with Gasteiger partial charge in [0.1, 0.15) is 10.6 Å². The van der Waals surface area contributed by atoms with Crippen molar-refractivity contribution in [2.45, 2.75) is 11.8 Å². The molecule has 0 aliphatic carbocycles. The first-order valence-electron chi connectivity index (χ1n) is 11.0. The Hall–Kier alpha value is -4.68. The van der Waals surface area contributed by atoms with Crippen molar-refractivity contribution in [1.29, 1.82) is 5.26 Å². The molecular weight excluding hydrogens is 476 g/mol. The van der Waals surface area contributed by atoms with E-state index in [1.807, 2.05) is 6.07 Å². The Balaban J connectivity index is 1.43. The Kier molecular flexibility index (Phi) is 5.88. The number of aromatic amines is 1. The number of carbonyl (C=O) groups excluding carboxylic acids is 1. The fraction of sp³-hybridized carbons (Fsp3) is 0.0741. The maximum Gasteiger partial charge on any atom is 0.264 e. The van der Waals surface area contributed by atoms with Gasteiger partial charge in [0.2, 0.25) is 5.78 Å². The molecule has 0 amide bonds. The summed E-state index contributed by atoms with van der Waals surface area (Å²) in [7, 11) is -3.94. The molecule has 0 bridgehead atoms. The van der Waals surface area contributed by atoms with Crippen LogP contribution in [0.1, 0.15) is 21.6 Å². The van der Waals surface area contributed by atoms with Gasteiger partial charge < -0.3 is 9.72 Å². The fourth-order valence-electron chi connectivity index (χ4n) is 4.10. The Morgan fingerprint density at radius 2 is 1.86 bits per heavy atom. The van der Waals surface area contributed by atoms with E-state index in [2.05, 4.69) is 14.7 Å². The second-order valence-electron chi connectivity index (χ2n) is 8.17. The molecule has 0 fully saturated rings. The highest BCUT2D eigenvalue weighted by Gasteiger charge is 2.21. The van der Waals surface area contributed by atoms with Crippen LogP contribution in [0.4, 0.5) is 5.69 Å². The highest BCUT2D eigenvalue weighted by atomic mass is 32.2. The van der Waals surface area contributed by atoms with E-state index in [1.165, 1.54) is 6.07 Å². The van der Waals surface area contributed by atoms with Gasteiger partial charge >= 0.3 is 0 Å². The number of ketones is 1. The quantitative estimate of drug-likeness (QED) is 0.307. The minimum Gasteiger partial charge on any atom is -0.485 e. The number of hydrogen-bond donors (Lipinski definition) is 2. The summed E-state index contributed by atoms with van der Waals surface area (Å²) >= 11 is 0. The van der Waals surface area contributed by atoms with Crippen LogP contribution in [-0.2, 0) is 10.0 Å². The fourth-order valence-corrected chi connectivity index (χ4v) is 5.33. The molecule has 0 aliphatic heterocycles. The highest BCUT2D eigenvalue weighted by molar-refractivity contribution is 7.93. The summed E-state index contributed by atoms with van der Waals surface area (Å²) in [5, 5.41) is 10.2. The topological polar surface area (TPSA) is 125 Å². The van der Waals surface area contributed by atoms with E-state index in [0.717, 1.165) is 0 Å². The molecule has 0 unspecified atom stereocenters. The van der Waals surface area contributed by atoms with Crippen molar-refractivity contribution in [3.8, 4) is 11.8 Å². The van der Waals surface area contributed by atoms with Crippen LogP contribution in [0.15, 0.2) is 83.9 Å². The first-order valence-corrected chi connectivity index (χ1v) is 12.5. The SMILES string of the molecule is Cc1[nH]c2ccc(NS(=O)(=O)c3cccc4cccnc34)cc2c1C(=O)COc1ccc(C#N)cc1. The van der Waals surface area contributed by atoms with E-state index in [4.69, 9.17) is 10.00 Å². The number of Topliss-reactive ketones (excluding diaryl/α,β-unsaturated/α-hetero) is 1. The normalized spacial score (nSPS) is 11.3. The lowest BCUT2D eigenvalue weighted by atomic mass is 10.1. The van der Waals surface area contributed by atoms with Gasteiger partial charge in [0.15, 0.2) is 6.61 Å². The van der Waals surface area contributed by atoms with Crippen LogP contribution >= 0.6 is 0 Å². The molecule has 8 nitrogen and oxygen atoms in total. The van der Waals surface area contributed by atoms with E-state index < -0.39 is 10.0 Å². The van der Waals surface area contributed by atoms with Crippen molar-refractivity contribution < 1.29 is 17.9 Å². The van der Waals surface area contributed by atoms with Gasteiger partial charge in [0.25, 0.3) is 10.0 Å². The molecular formula is C27H20N4O4S. The number of fused-ring (bicyclic) bond motifs is 2. The van der Waals surface area contributed by atoms with Crippen LogP contribution in [0.5, 0.6) is 5.75 Å². The minimum absolute atomic E-state index is 0.0677. The van der Waals surface area contributed by atoms with E-state index in [0.29, 0.717) is 50.1 Å². The molecule has 0 saturated carbocycles. The first kappa shape index (κ1) is 23.1. The summed E-state index contributed by atoms with van der Waals surface area (Å²) in [6.45, 7) is 1.57. The minimum atomic E-state index is -3.94. The molecule has 0 saturated heterocycles. The molecule has 36 heavy (non-hydrogen) atoms. The number of nitrogens with zero attached hydrogens (tertiary/aromatic N) is 2. The first-order chi connectivity index (χ1) is 17.4. The number of ether oxygens (including phenoxy) is 1. The predicted octanol–water partition coefficient (Wildman–Crippen LogP) is 4.96. The number of anilines is 1. The molecule has 0 atom stereocenters. The lowest BCUT2D eigenvalue weighted by molar-refractivity contribution is 0.0922. The van der Waals surface area contributed by atoms with Crippen LogP contribution < -0.4 is 9.46 Å². The molecule has 2 N–H and O–H groups in total. The summed E-state index contributed by atoms with van der Waals surface area (Å²) in [4.78, 5) is 20.5. The number of benzene rings is 3. The van der Waals surface area contributed by atoms with E-state index in [9.17, 15) is 13.2 Å². The molecule has 0 spiro atoms. The Morgan fingerprint density at radius 1 is 1.08 bits per heavy atom. The average molecular weight is 497 g/mol. The van der Waals surface area contributed by atoms with Gasteiger partial charge in [-0.25, -0.2) is 8.42 Å². The van der Waals surface area contributed by atoms with Crippen molar-refractivity contribution in [3.05, 3.63) is 95.8 Å². The molecule has 5 aromatic rings. The van der Waals surface area contributed by atoms with Crippen LogP contribution in [0, 0.1) is 18.3 Å². The van der Waals surface area contributed by atoms with Crippen molar-refractivity contribution >= 4 is 43.3 Å². The third-order valence-electron chi connectivity index (χ3n) is 5.76. The van der Waals surface area contributed by atoms with E-state index in [1.54, 1.807) is 79.9 Å². The number of aromatic nitrogens is 2. The highest BCUT2D eigenvalue weighted by Crippen LogP contribution is 2.29. The number of nitrogens with one attached hydrogen (secondary N) is 2. The third-order valence-corrected chi connectivity index (χ3v) is 7.17. The molecule has 178 valence electrons. The van der Waals surface area contributed by atoms with E-state index >= 15 is 0 Å². The number of H-pyrrole nitrogens is 1. The predicted molar refractivity (Wildman–Crippen MR) is 137 cm³/mol. The van der Waals surface area contributed by atoms with Gasteiger partial charge in [-0.15, -0.1) is 0 Å². The second-order valence-corrected chi connectivity index (χ2v) is 9.82. The Bertz CT molecular complexity index is 1760. The smallest absolute Gasteiger partial charge is 0.264 e. The molecule has 2 aromatic heterocycles. The summed E-state index contributed by atoms with van der Waals surface area (Å²) < 4.78 is 34.7. The van der Waals surface area contributed by atoms with E-state index in [-0.39, 0.29) is 17.3 Å². The summed E-state index contributed by atoms with van der Waals surface area (Å²) in [6, 6.07) is 22.0. The van der Waals surface area contributed by atoms with Gasteiger partial charge in [-0.05, 0) is 61.5 Å². The molecule has 3 aromatic carbocycles. The molecule has 0 aliphatic rings. The maximum absolute atomic E-state index is 13.2. The van der Waals surface area contributed by atoms with Crippen LogP contribution in [0.25, 0.3) is 21.8 Å². The van der Waals surface area contributed by atoms with Crippen molar-refractivity contribution in [3.63, 3.8) is 0 Å². The number of aryl methyl sites for hydroxylation is 1. The standard InChI is InChI=1S/C27H20N4O4S/c1-17-26(24(32)16-35-21-10-7-18(15-28)8-11-21)22-14-20(9-12-23(22)30-17)31-36(33,34)25-6-2-4-19-5-3-13-29-27(19)25/h2-14,30-31H,16H2,1H3. The van der Waals surface area contributed by atoms with Gasteiger partial charge in [0.05, 0.1) is 17.1 Å². The maximum atomic E-state index is 13.2. The number of carbonyl (C=O) groups is 1. The van der Waals surface area contributed by atoms with Crippen molar-refractivity contribution in [1.82, 2.24) is 9.97 Å². The summed E-state index contributed by atoms with van der Waals surface area (Å²) in [5.74, 6) is 0.207. The number of rotatable bonds is 7. The van der Waals surface area contributed by atoms with Crippen LogP contribution in [-0.4, -0.2) is 30.8 Å². The lowest BCUT2D eigenvalue weighted by Crippen LogP contribution is -2.14. The molecule has 5 rings (SSSR count). The Labute approximate surface area is 207 Å². The number of hydrogen-bond acceptors (Lipinski definition) is 6. The summed E-state index contributed by atoms with van der Waals surface area (Å²) in [5.41, 5.74) is 2.96. The van der Waals surface area contributed by atoms with Crippen molar-refractivity contribution in [2.24, 2.45) is 0 Å². The molecule has 0 radical (unpaired) electrons. The van der Waals surface area contributed by atoms with Gasteiger partial charge in [-0.2, -0.15) is 5.26 Å². The zero-order chi connectivity index (χ0) is 25.3. The number of para-hydroxylation sites is 1. The Morgan fingerprint density at radius 3 is 2.64 bits per heavy atom. The summed E-state index contributed by atoms with van der Waals surface area (Å²) in [6.07, 6.45) is 1.55. The lowest BCUT2D eigenvalue weighted by Gasteiger charge is -2.10. The zero-order valence-corrected chi connectivity index (χ0v) is 20.0. The zero-order valence-electron chi connectivity index (χ0n) is 19.1. The number of nitriles is 1. The van der Waals surface area contributed by atoms with Crippen LogP contribution in [0.2, 0.25) is 0 Å². The third kappa shape index (κ3) is 4.37. The monoisotopic (exact) mass is 496 g/mol. The second kappa shape index (κ2) is 9.17. The number of sulfonamides is 1. The largest absolute Gasteiger partial charge is 0.485 e. The van der Waals surface area contributed by atoms with Gasteiger partial charge in [0, 0.05) is 39.4 Å².